The van der Waals surface area contributed by atoms with Gasteiger partial charge in [0.05, 0.1) is 12.3 Å². The Kier molecular flexibility index (Phi) is 6.04. The average molecular weight is 377 g/mol. The van der Waals surface area contributed by atoms with E-state index >= 15 is 0 Å². The maximum absolute atomic E-state index is 12.4. The molecule has 0 heterocycles. The fourth-order valence-corrected chi connectivity index (χ4v) is 2.39. The zero-order chi connectivity index (χ0) is 16.8. The normalized spacial score (nSPS) is 11.7. The number of carbonyl (C=O) groups excluding carboxylic acids is 1. The molecule has 2 aromatic carbocycles. The lowest BCUT2D eigenvalue weighted by atomic mass is 10.2. The molecule has 0 aliphatic carbocycles. The van der Waals surface area contributed by atoms with Gasteiger partial charge >= 0.3 is 0 Å². The van der Waals surface area contributed by atoms with Gasteiger partial charge in [-0.15, -0.1) is 0 Å². The summed E-state index contributed by atoms with van der Waals surface area (Å²) in [6.07, 6.45) is 0. The second-order valence-corrected chi connectivity index (χ2v) is 6.10. The zero-order valence-electron chi connectivity index (χ0n) is 13.5. The van der Waals surface area contributed by atoms with E-state index in [9.17, 15) is 4.79 Å². The third-order valence-electron chi connectivity index (χ3n) is 3.38. The smallest absolute Gasteiger partial charge is 0.246 e. The summed E-state index contributed by atoms with van der Waals surface area (Å²) in [6, 6.07) is 13.0. The lowest BCUT2D eigenvalue weighted by Gasteiger charge is -2.17. The first-order valence-corrected chi connectivity index (χ1v) is 8.36. The van der Waals surface area contributed by atoms with Crippen LogP contribution in [0.15, 0.2) is 46.9 Å². The molecule has 122 valence electrons. The fraction of sp³-hybridized carbons (Fsp3) is 0.278. The molecule has 0 aliphatic rings. The van der Waals surface area contributed by atoms with E-state index in [2.05, 4.69) is 26.6 Å². The van der Waals surface area contributed by atoms with Crippen LogP contribution in [0.4, 0.5) is 11.4 Å². The molecular weight excluding hydrogens is 356 g/mol. The molecule has 0 aromatic heterocycles. The largest absolute Gasteiger partial charge is 0.492 e. The predicted octanol–water partition coefficient (Wildman–Crippen LogP) is 4.60. The van der Waals surface area contributed by atoms with E-state index in [4.69, 9.17) is 4.74 Å². The van der Waals surface area contributed by atoms with Crippen LogP contribution < -0.4 is 15.4 Å². The van der Waals surface area contributed by atoms with Crippen LogP contribution in [-0.2, 0) is 4.79 Å². The van der Waals surface area contributed by atoms with Crippen LogP contribution in [0.3, 0.4) is 0 Å². The zero-order valence-corrected chi connectivity index (χ0v) is 15.1. The Balaban J connectivity index is 2.04. The van der Waals surface area contributed by atoms with Crippen molar-refractivity contribution < 1.29 is 9.53 Å². The van der Waals surface area contributed by atoms with Crippen molar-refractivity contribution in [3.8, 4) is 5.75 Å². The molecule has 0 bridgehead atoms. The molecule has 2 N–H and O–H groups in total. The van der Waals surface area contributed by atoms with Crippen molar-refractivity contribution in [1.29, 1.82) is 0 Å². The van der Waals surface area contributed by atoms with Crippen LogP contribution in [-0.4, -0.2) is 18.6 Å². The topological polar surface area (TPSA) is 50.4 Å². The van der Waals surface area contributed by atoms with E-state index in [1.165, 1.54) is 0 Å². The Morgan fingerprint density at radius 3 is 2.70 bits per heavy atom. The Bertz CT molecular complexity index is 688. The van der Waals surface area contributed by atoms with Crippen LogP contribution in [0.1, 0.15) is 19.4 Å². The molecule has 2 aromatic rings. The molecule has 0 spiro atoms. The van der Waals surface area contributed by atoms with Gasteiger partial charge in [0.15, 0.2) is 0 Å². The van der Waals surface area contributed by atoms with Crippen molar-refractivity contribution in [1.82, 2.24) is 0 Å². The number of carbonyl (C=O) groups is 1. The van der Waals surface area contributed by atoms with E-state index < -0.39 is 0 Å². The summed E-state index contributed by atoms with van der Waals surface area (Å²) >= 11 is 3.47. The van der Waals surface area contributed by atoms with Crippen LogP contribution in [0.5, 0.6) is 5.75 Å². The molecule has 0 fully saturated rings. The number of anilines is 2. The van der Waals surface area contributed by atoms with Gasteiger partial charge in [-0.3, -0.25) is 4.79 Å². The van der Waals surface area contributed by atoms with Gasteiger partial charge in [0.1, 0.15) is 11.8 Å². The van der Waals surface area contributed by atoms with E-state index in [1.807, 2.05) is 63.2 Å². The number of halogens is 1. The van der Waals surface area contributed by atoms with Gasteiger partial charge in [0.25, 0.3) is 0 Å². The minimum atomic E-state index is -0.370. The number of hydrogen-bond acceptors (Lipinski definition) is 3. The number of amides is 1. The minimum absolute atomic E-state index is 0.113. The Morgan fingerprint density at radius 2 is 2.00 bits per heavy atom. The van der Waals surface area contributed by atoms with Crippen molar-refractivity contribution in [3.63, 3.8) is 0 Å². The Morgan fingerprint density at radius 1 is 1.26 bits per heavy atom. The number of ether oxygens (including phenoxy) is 1. The molecule has 5 heteroatoms. The second-order valence-electron chi connectivity index (χ2n) is 5.25. The standard InChI is InChI=1S/C18H21BrN2O2/c1-4-23-17-8-6-5-7-16(17)21-18(22)13(3)20-14-9-10-15(19)12(2)11-14/h5-11,13,20H,4H2,1-3H3,(H,21,22). The number of para-hydroxylation sites is 2. The van der Waals surface area contributed by atoms with Gasteiger partial charge in [-0.05, 0) is 56.7 Å². The van der Waals surface area contributed by atoms with Gasteiger partial charge in [-0.2, -0.15) is 0 Å². The third-order valence-corrected chi connectivity index (χ3v) is 4.27. The van der Waals surface area contributed by atoms with Gasteiger partial charge in [0, 0.05) is 10.2 Å². The highest BCUT2D eigenvalue weighted by Crippen LogP contribution is 2.24. The Hall–Kier alpha value is -2.01. The van der Waals surface area contributed by atoms with Gasteiger partial charge in [0.2, 0.25) is 5.91 Å². The van der Waals surface area contributed by atoms with Crippen LogP contribution in [0, 0.1) is 6.92 Å². The van der Waals surface area contributed by atoms with Crippen molar-refractivity contribution in [3.05, 3.63) is 52.5 Å². The highest BCUT2D eigenvalue weighted by Gasteiger charge is 2.15. The maximum atomic E-state index is 12.4. The highest BCUT2D eigenvalue weighted by atomic mass is 79.9. The summed E-state index contributed by atoms with van der Waals surface area (Å²) in [4.78, 5) is 12.4. The van der Waals surface area contributed by atoms with Gasteiger partial charge in [-0.1, -0.05) is 28.1 Å². The third kappa shape index (κ3) is 4.73. The number of aryl methyl sites for hydroxylation is 1. The number of nitrogens with one attached hydrogen (secondary N) is 2. The molecule has 1 amide bonds. The average Bonchev–Trinajstić information content (AvgIpc) is 2.53. The molecule has 4 nitrogen and oxygen atoms in total. The Labute approximate surface area is 145 Å². The summed E-state index contributed by atoms with van der Waals surface area (Å²) in [5.74, 6) is 0.563. The monoisotopic (exact) mass is 376 g/mol. The number of benzene rings is 2. The summed E-state index contributed by atoms with van der Waals surface area (Å²) in [7, 11) is 0. The lowest BCUT2D eigenvalue weighted by Crippen LogP contribution is -2.32. The molecule has 0 saturated carbocycles. The summed E-state index contributed by atoms with van der Waals surface area (Å²) in [5, 5.41) is 6.11. The summed E-state index contributed by atoms with van der Waals surface area (Å²) < 4.78 is 6.57. The first-order valence-electron chi connectivity index (χ1n) is 7.56. The highest BCUT2D eigenvalue weighted by molar-refractivity contribution is 9.10. The minimum Gasteiger partial charge on any atom is -0.492 e. The number of hydrogen-bond donors (Lipinski definition) is 2. The van der Waals surface area contributed by atoms with Crippen molar-refractivity contribution >= 4 is 33.2 Å². The lowest BCUT2D eigenvalue weighted by molar-refractivity contribution is -0.116. The molecule has 0 radical (unpaired) electrons. The molecule has 23 heavy (non-hydrogen) atoms. The van der Waals surface area contributed by atoms with Gasteiger partial charge in [-0.25, -0.2) is 0 Å². The maximum Gasteiger partial charge on any atom is 0.246 e. The first kappa shape index (κ1) is 17.3. The molecule has 1 atom stereocenters. The van der Waals surface area contributed by atoms with Crippen molar-refractivity contribution in [2.75, 3.05) is 17.2 Å². The second kappa shape index (κ2) is 8.02. The van der Waals surface area contributed by atoms with Crippen LogP contribution in [0.25, 0.3) is 0 Å². The van der Waals surface area contributed by atoms with Crippen molar-refractivity contribution in [2.24, 2.45) is 0 Å². The number of rotatable bonds is 6. The molecule has 0 saturated heterocycles. The quantitative estimate of drug-likeness (QED) is 0.774. The van der Waals surface area contributed by atoms with E-state index in [0.717, 1.165) is 15.7 Å². The SMILES string of the molecule is CCOc1ccccc1NC(=O)C(C)Nc1ccc(Br)c(C)c1. The van der Waals surface area contributed by atoms with Crippen LogP contribution >= 0.6 is 15.9 Å². The summed E-state index contributed by atoms with van der Waals surface area (Å²) in [5.41, 5.74) is 2.70. The molecule has 2 rings (SSSR count). The predicted molar refractivity (Wildman–Crippen MR) is 98.2 cm³/mol. The van der Waals surface area contributed by atoms with E-state index in [0.29, 0.717) is 18.0 Å². The van der Waals surface area contributed by atoms with Crippen LogP contribution in [0.2, 0.25) is 0 Å². The summed E-state index contributed by atoms with van der Waals surface area (Å²) in [6.45, 7) is 6.31. The first-order chi connectivity index (χ1) is 11.0. The molecule has 1 unspecified atom stereocenters. The fourth-order valence-electron chi connectivity index (χ4n) is 2.14. The molecule has 0 aliphatic heterocycles. The van der Waals surface area contributed by atoms with E-state index in [-0.39, 0.29) is 11.9 Å². The van der Waals surface area contributed by atoms with Gasteiger partial charge < -0.3 is 15.4 Å². The molecular formula is C18H21BrN2O2. The van der Waals surface area contributed by atoms with E-state index in [1.54, 1.807) is 0 Å². The van der Waals surface area contributed by atoms with Crippen molar-refractivity contribution in [2.45, 2.75) is 26.8 Å².